The first-order chi connectivity index (χ1) is 15.1. The Morgan fingerprint density at radius 1 is 1.00 bits per heavy atom. The van der Waals surface area contributed by atoms with E-state index in [1.165, 1.54) is 5.56 Å². The first kappa shape index (κ1) is 20.6. The maximum atomic E-state index is 12.5. The van der Waals surface area contributed by atoms with Crippen molar-refractivity contribution in [1.29, 1.82) is 0 Å². The topological polar surface area (TPSA) is 46.4 Å². The summed E-state index contributed by atoms with van der Waals surface area (Å²) in [7, 11) is 0. The van der Waals surface area contributed by atoms with Gasteiger partial charge in [0.2, 0.25) is 5.91 Å². The fourth-order valence-electron chi connectivity index (χ4n) is 4.03. The SMILES string of the molecule is CCc1ccc(-n2c(C)cc(/C=N\NC(=O)Cc3cccc4ccccc34)c2C)cc1. The fraction of sp³-hybridized carbons (Fsp3) is 0.185. The minimum atomic E-state index is -0.128. The summed E-state index contributed by atoms with van der Waals surface area (Å²) in [6.07, 6.45) is 3.04. The Kier molecular flexibility index (Phi) is 5.99. The number of carbonyl (C=O) groups is 1. The minimum absolute atomic E-state index is 0.128. The van der Waals surface area contributed by atoms with Crippen LogP contribution in [-0.4, -0.2) is 16.7 Å². The molecule has 4 rings (SSSR count). The van der Waals surface area contributed by atoms with Crippen LogP contribution in [0.4, 0.5) is 0 Å². The van der Waals surface area contributed by atoms with E-state index in [4.69, 9.17) is 0 Å². The summed E-state index contributed by atoms with van der Waals surface area (Å²) >= 11 is 0. The number of rotatable bonds is 6. The average Bonchev–Trinajstić information content (AvgIpc) is 3.07. The Labute approximate surface area is 183 Å². The van der Waals surface area contributed by atoms with Crippen LogP contribution in [0, 0.1) is 13.8 Å². The molecule has 0 aliphatic carbocycles. The van der Waals surface area contributed by atoms with Gasteiger partial charge in [0.25, 0.3) is 0 Å². The van der Waals surface area contributed by atoms with Crippen LogP contribution in [0.5, 0.6) is 0 Å². The molecule has 0 saturated carbocycles. The highest BCUT2D eigenvalue weighted by Gasteiger charge is 2.10. The van der Waals surface area contributed by atoms with Crippen molar-refractivity contribution in [2.75, 3.05) is 0 Å². The molecule has 4 aromatic rings. The standard InChI is InChI=1S/C27H27N3O/c1-4-21-12-14-25(15-13-21)30-19(2)16-24(20(30)3)18-28-29-27(31)17-23-10-7-9-22-8-5-6-11-26(22)23/h5-16,18H,4,17H2,1-3H3,(H,29,31)/b28-18-. The lowest BCUT2D eigenvalue weighted by Crippen LogP contribution is -2.19. The number of benzene rings is 3. The molecule has 0 spiro atoms. The van der Waals surface area contributed by atoms with Crippen LogP contribution in [0.15, 0.2) is 77.9 Å². The molecule has 3 aromatic carbocycles. The van der Waals surface area contributed by atoms with Crippen molar-refractivity contribution < 1.29 is 4.79 Å². The number of hydrogen-bond acceptors (Lipinski definition) is 2. The molecule has 1 amide bonds. The number of fused-ring (bicyclic) bond motifs is 1. The fourth-order valence-corrected chi connectivity index (χ4v) is 4.03. The lowest BCUT2D eigenvalue weighted by molar-refractivity contribution is -0.120. The van der Waals surface area contributed by atoms with Crippen LogP contribution in [0.25, 0.3) is 16.5 Å². The molecular formula is C27H27N3O. The molecule has 4 nitrogen and oxygen atoms in total. The molecule has 0 saturated heterocycles. The quantitative estimate of drug-likeness (QED) is 0.332. The van der Waals surface area contributed by atoms with E-state index in [-0.39, 0.29) is 5.91 Å². The molecule has 0 atom stereocenters. The lowest BCUT2D eigenvalue weighted by Gasteiger charge is -2.10. The van der Waals surface area contributed by atoms with Gasteiger partial charge in [-0.2, -0.15) is 5.10 Å². The van der Waals surface area contributed by atoms with Gasteiger partial charge in [-0.05, 0) is 60.4 Å². The van der Waals surface area contributed by atoms with E-state index in [2.05, 4.69) is 78.3 Å². The predicted molar refractivity (Wildman–Crippen MR) is 128 cm³/mol. The molecule has 31 heavy (non-hydrogen) atoms. The number of hydrazone groups is 1. The first-order valence-corrected chi connectivity index (χ1v) is 10.6. The van der Waals surface area contributed by atoms with Gasteiger partial charge in [0.05, 0.1) is 12.6 Å². The lowest BCUT2D eigenvalue weighted by atomic mass is 10.0. The smallest absolute Gasteiger partial charge is 0.244 e. The normalized spacial score (nSPS) is 11.3. The number of amides is 1. The van der Waals surface area contributed by atoms with Crippen LogP contribution in [-0.2, 0) is 17.6 Å². The van der Waals surface area contributed by atoms with E-state index >= 15 is 0 Å². The second-order valence-electron chi connectivity index (χ2n) is 7.79. The van der Waals surface area contributed by atoms with E-state index < -0.39 is 0 Å². The van der Waals surface area contributed by atoms with E-state index in [9.17, 15) is 4.79 Å². The van der Waals surface area contributed by atoms with Gasteiger partial charge in [-0.1, -0.05) is 61.5 Å². The summed E-state index contributed by atoms with van der Waals surface area (Å²) in [5, 5.41) is 6.45. The Hall–Kier alpha value is -3.66. The second kappa shape index (κ2) is 9.00. The third kappa shape index (κ3) is 4.43. The van der Waals surface area contributed by atoms with E-state index in [1.54, 1.807) is 6.21 Å². The Morgan fingerprint density at radius 3 is 2.52 bits per heavy atom. The molecule has 1 heterocycles. The zero-order valence-electron chi connectivity index (χ0n) is 18.2. The number of aryl methyl sites for hydroxylation is 2. The van der Waals surface area contributed by atoms with Crippen LogP contribution >= 0.6 is 0 Å². The second-order valence-corrected chi connectivity index (χ2v) is 7.79. The maximum Gasteiger partial charge on any atom is 0.244 e. The van der Waals surface area contributed by atoms with Crippen molar-refractivity contribution in [1.82, 2.24) is 9.99 Å². The number of nitrogens with zero attached hydrogens (tertiary/aromatic N) is 2. The highest BCUT2D eigenvalue weighted by molar-refractivity contribution is 5.90. The van der Waals surface area contributed by atoms with Crippen molar-refractivity contribution in [3.8, 4) is 5.69 Å². The monoisotopic (exact) mass is 409 g/mol. The number of nitrogens with one attached hydrogen (secondary N) is 1. The van der Waals surface area contributed by atoms with Gasteiger partial charge < -0.3 is 4.57 Å². The number of aromatic nitrogens is 1. The van der Waals surface area contributed by atoms with Gasteiger partial charge in [0, 0.05) is 22.6 Å². The zero-order chi connectivity index (χ0) is 21.8. The Balaban J connectivity index is 1.47. The van der Waals surface area contributed by atoms with Crippen molar-refractivity contribution in [3.05, 3.63) is 101 Å². The molecule has 0 bridgehead atoms. The molecule has 1 aromatic heterocycles. The molecule has 0 aliphatic heterocycles. The zero-order valence-corrected chi connectivity index (χ0v) is 18.2. The minimum Gasteiger partial charge on any atom is -0.318 e. The highest BCUT2D eigenvalue weighted by Crippen LogP contribution is 2.21. The Bertz CT molecular complexity index is 1240. The summed E-state index contributed by atoms with van der Waals surface area (Å²) in [6.45, 7) is 6.31. The number of carbonyl (C=O) groups excluding carboxylic acids is 1. The summed E-state index contributed by atoms with van der Waals surface area (Å²) in [4.78, 5) is 12.5. The Morgan fingerprint density at radius 2 is 1.74 bits per heavy atom. The average molecular weight is 410 g/mol. The summed E-state index contributed by atoms with van der Waals surface area (Å²) < 4.78 is 2.21. The van der Waals surface area contributed by atoms with Crippen molar-refractivity contribution in [2.45, 2.75) is 33.6 Å². The molecule has 0 fully saturated rings. The maximum absolute atomic E-state index is 12.5. The van der Waals surface area contributed by atoms with Gasteiger partial charge in [-0.3, -0.25) is 4.79 Å². The van der Waals surface area contributed by atoms with Crippen molar-refractivity contribution in [2.24, 2.45) is 5.10 Å². The summed E-state index contributed by atoms with van der Waals surface area (Å²) in [5.74, 6) is -0.128. The number of hydrogen-bond donors (Lipinski definition) is 1. The molecule has 0 unspecified atom stereocenters. The van der Waals surface area contributed by atoms with Crippen LogP contribution in [0.2, 0.25) is 0 Å². The van der Waals surface area contributed by atoms with Gasteiger partial charge in [-0.25, -0.2) is 5.43 Å². The van der Waals surface area contributed by atoms with Gasteiger partial charge in [0.1, 0.15) is 0 Å². The summed E-state index contributed by atoms with van der Waals surface area (Å²) in [5.41, 5.74) is 9.34. The molecule has 0 radical (unpaired) electrons. The van der Waals surface area contributed by atoms with Gasteiger partial charge in [0.15, 0.2) is 0 Å². The molecular weight excluding hydrogens is 382 g/mol. The van der Waals surface area contributed by atoms with Crippen molar-refractivity contribution in [3.63, 3.8) is 0 Å². The third-order valence-electron chi connectivity index (χ3n) is 5.70. The van der Waals surface area contributed by atoms with Crippen LogP contribution in [0.1, 0.15) is 35.0 Å². The van der Waals surface area contributed by atoms with Gasteiger partial charge in [-0.15, -0.1) is 0 Å². The van der Waals surface area contributed by atoms with E-state index in [0.717, 1.165) is 45.4 Å². The highest BCUT2D eigenvalue weighted by atomic mass is 16.2. The van der Waals surface area contributed by atoms with E-state index in [1.807, 2.05) is 30.3 Å². The molecule has 4 heteroatoms. The molecule has 156 valence electrons. The van der Waals surface area contributed by atoms with Crippen molar-refractivity contribution >= 4 is 22.9 Å². The summed E-state index contributed by atoms with van der Waals surface area (Å²) in [6, 6.07) is 24.8. The van der Waals surface area contributed by atoms with Crippen LogP contribution in [0.3, 0.4) is 0 Å². The first-order valence-electron chi connectivity index (χ1n) is 10.6. The van der Waals surface area contributed by atoms with Crippen LogP contribution < -0.4 is 5.43 Å². The van der Waals surface area contributed by atoms with Gasteiger partial charge >= 0.3 is 0 Å². The van der Waals surface area contributed by atoms with E-state index in [0.29, 0.717) is 6.42 Å². The predicted octanol–water partition coefficient (Wildman–Crippen LogP) is 5.50. The third-order valence-corrected chi connectivity index (χ3v) is 5.70. The largest absolute Gasteiger partial charge is 0.318 e. The molecule has 0 aliphatic rings. The molecule has 1 N–H and O–H groups in total.